The predicted octanol–water partition coefficient (Wildman–Crippen LogP) is 2.53. The number of carboxylic acid groups (broad SMARTS) is 2. The molecule has 0 atom stereocenters. The van der Waals surface area contributed by atoms with Crippen LogP contribution in [0.15, 0.2) is 47.3 Å². The molecule has 0 saturated carbocycles. The van der Waals surface area contributed by atoms with Crippen molar-refractivity contribution in [1.29, 1.82) is 0 Å². The highest BCUT2D eigenvalue weighted by molar-refractivity contribution is 6.27. The van der Waals surface area contributed by atoms with Gasteiger partial charge < -0.3 is 24.4 Å². The first-order valence-electron chi connectivity index (χ1n) is 10.6. The smallest absolute Gasteiger partial charge is 0.414 e. The number of aromatic nitrogens is 1. The second-order valence-electron chi connectivity index (χ2n) is 8.13. The van der Waals surface area contributed by atoms with Gasteiger partial charge in [0, 0.05) is 43.0 Å². The average molecular weight is 453 g/mol. The van der Waals surface area contributed by atoms with E-state index in [-0.39, 0.29) is 5.91 Å². The Morgan fingerprint density at radius 1 is 1.06 bits per heavy atom. The molecular formula is C24H27N3O6. The van der Waals surface area contributed by atoms with Crippen molar-refractivity contribution >= 4 is 28.8 Å². The number of rotatable bonds is 6. The molecule has 1 aliphatic rings. The van der Waals surface area contributed by atoms with E-state index in [4.69, 9.17) is 24.2 Å². The lowest BCUT2D eigenvalue weighted by atomic mass is 10.0. The molecule has 1 fully saturated rings. The largest absolute Gasteiger partial charge is 0.473 e. The number of pyridine rings is 1. The summed E-state index contributed by atoms with van der Waals surface area (Å²) in [6, 6.07) is 8.31. The number of hydrogen-bond donors (Lipinski definition) is 2. The van der Waals surface area contributed by atoms with E-state index >= 15 is 0 Å². The second kappa shape index (κ2) is 10.7. The molecule has 0 aliphatic carbocycles. The van der Waals surface area contributed by atoms with Crippen LogP contribution in [0.2, 0.25) is 0 Å². The van der Waals surface area contributed by atoms with Crippen LogP contribution in [-0.4, -0.2) is 76.6 Å². The fraction of sp³-hybridized carbons (Fsp3) is 0.333. The molecule has 33 heavy (non-hydrogen) atoms. The lowest BCUT2D eigenvalue weighted by Crippen LogP contribution is -2.42. The van der Waals surface area contributed by atoms with Crippen molar-refractivity contribution in [2.45, 2.75) is 19.3 Å². The van der Waals surface area contributed by atoms with E-state index < -0.39 is 11.9 Å². The minimum atomic E-state index is -1.82. The number of carbonyl (C=O) groups excluding carboxylic acids is 1. The number of nitrogens with zero attached hydrogens (tertiary/aromatic N) is 3. The van der Waals surface area contributed by atoms with Gasteiger partial charge in [-0.05, 0) is 61.8 Å². The van der Waals surface area contributed by atoms with Crippen LogP contribution in [0, 0.1) is 0 Å². The number of likely N-dealkylation sites (N-methyl/N-ethyl adjacent to an activating group) is 1. The standard InChI is InChI=1S/C22H25N3O2.C2H2O4/c1-24(2)9-6-18-15-27-21-5-4-17(12-20(18)21)19-10-16(13-23-14-19)11-22(26)25-7-3-8-25;3-1(4)2(5)6/h4-5,10,12-15H,3,6-9,11H2,1-2H3;(H,3,4)(H,5,6). The van der Waals surface area contributed by atoms with Crippen molar-refractivity contribution in [3.63, 3.8) is 0 Å². The molecule has 2 N–H and O–H groups in total. The number of furan rings is 1. The van der Waals surface area contributed by atoms with E-state index in [9.17, 15) is 4.79 Å². The van der Waals surface area contributed by atoms with Crippen molar-refractivity contribution in [2.75, 3.05) is 33.7 Å². The summed E-state index contributed by atoms with van der Waals surface area (Å²) in [6.45, 7) is 2.76. The summed E-state index contributed by atoms with van der Waals surface area (Å²) in [5, 5.41) is 15.9. The normalized spacial score (nSPS) is 12.8. The summed E-state index contributed by atoms with van der Waals surface area (Å²) >= 11 is 0. The van der Waals surface area contributed by atoms with Crippen molar-refractivity contribution in [3.05, 3.63) is 54.0 Å². The maximum atomic E-state index is 12.2. The summed E-state index contributed by atoms with van der Waals surface area (Å²) < 4.78 is 5.71. The van der Waals surface area contributed by atoms with Gasteiger partial charge in [0.25, 0.3) is 0 Å². The number of carboxylic acids is 2. The molecule has 0 unspecified atom stereocenters. The Morgan fingerprint density at radius 3 is 2.39 bits per heavy atom. The number of benzene rings is 1. The molecule has 9 heteroatoms. The molecule has 4 rings (SSSR count). The van der Waals surface area contributed by atoms with Crippen LogP contribution in [-0.2, 0) is 27.2 Å². The molecule has 0 radical (unpaired) electrons. The molecule has 174 valence electrons. The topological polar surface area (TPSA) is 124 Å². The molecule has 3 aromatic rings. The van der Waals surface area contributed by atoms with Crippen LogP contribution >= 0.6 is 0 Å². The third kappa shape index (κ3) is 6.39. The Morgan fingerprint density at radius 2 is 1.79 bits per heavy atom. The Labute approximate surface area is 191 Å². The first-order valence-corrected chi connectivity index (χ1v) is 10.6. The zero-order valence-corrected chi connectivity index (χ0v) is 18.7. The molecule has 0 spiro atoms. The summed E-state index contributed by atoms with van der Waals surface area (Å²) in [5.74, 6) is -3.46. The number of carbonyl (C=O) groups is 3. The lowest BCUT2D eigenvalue weighted by molar-refractivity contribution is -0.159. The van der Waals surface area contributed by atoms with Gasteiger partial charge in [0.2, 0.25) is 5.91 Å². The molecular weight excluding hydrogens is 426 g/mol. The minimum absolute atomic E-state index is 0.191. The number of aliphatic carboxylic acids is 2. The SMILES string of the molecule is CN(C)CCc1coc2ccc(-c3cncc(CC(=O)N4CCC4)c3)cc12.O=C(O)C(=O)O. The molecule has 1 saturated heterocycles. The van der Waals surface area contributed by atoms with Crippen molar-refractivity contribution in [2.24, 2.45) is 0 Å². The Bertz CT molecular complexity index is 1140. The van der Waals surface area contributed by atoms with Crippen LogP contribution in [0.5, 0.6) is 0 Å². The summed E-state index contributed by atoms with van der Waals surface area (Å²) in [6.07, 6.45) is 8.00. The highest BCUT2D eigenvalue weighted by Gasteiger charge is 2.20. The van der Waals surface area contributed by atoms with Crippen LogP contribution < -0.4 is 0 Å². The Balaban J connectivity index is 0.000000454. The molecule has 1 amide bonds. The van der Waals surface area contributed by atoms with Crippen LogP contribution in [0.4, 0.5) is 0 Å². The third-order valence-corrected chi connectivity index (χ3v) is 5.36. The van der Waals surface area contributed by atoms with E-state index in [0.29, 0.717) is 6.42 Å². The van der Waals surface area contributed by atoms with Gasteiger partial charge in [-0.2, -0.15) is 0 Å². The summed E-state index contributed by atoms with van der Waals surface area (Å²) in [5.41, 5.74) is 5.22. The maximum Gasteiger partial charge on any atom is 0.414 e. The highest BCUT2D eigenvalue weighted by atomic mass is 16.4. The molecule has 3 heterocycles. The average Bonchev–Trinajstić information content (AvgIpc) is 3.13. The van der Waals surface area contributed by atoms with Gasteiger partial charge in [-0.15, -0.1) is 0 Å². The fourth-order valence-electron chi connectivity index (χ4n) is 3.39. The number of likely N-dealkylation sites (tertiary alicyclic amines) is 1. The summed E-state index contributed by atoms with van der Waals surface area (Å²) in [4.78, 5) is 38.9. The van der Waals surface area contributed by atoms with Crippen molar-refractivity contribution in [3.8, 4) is 11.1 Å². The lowest BCUT2D eigenvalue weighted by Gasteiger charge is -2.30. The van der Waals surface area contributed by atoms with Crippen molar-refractivity contribution in [1.82, 2.24) is 14.8 Å². The number of hydrogen-bond acceptors (Lipinski definition) is 6. The molecule has 1 aliphatic heterocycles. The number of fused-ring (bicyclic) bond motifs is 1. The van der Waals surface area contributed by atoms with Crippen LogP contribution in [0.3, 0.4) is 0 Å². The van der Waals surface area contributed by atoms with Gasteiger partial charge in [0.1, 0.15) is 5.58 Å². The first kappa shape index (κ1) is 23.9. The second-order valence-corrected chi connectivity index (χ2v) is 8.13. The molecule has 1 aromatic carbocycles. The minimum Gasteiger partial charge on any atom is -0.473 e. The van der Waals surface area contributed by atoms with E-state index in [1.807, 2.05) is 23.4 Å². The van der Waals surface area contributed by atoms with Crippen LogP contribution in [0.25, 0.3) is 22.1 Å². The highest BCUT2D eigenvalue weighted by Crippen LogP contribution is 2.28. The van der Waals surface area contributed by atoms with E-state index in [1.165, 1.54) is 5.56 Å². The van der Waals surface area contributed by atoms with Gasteiger partial charge in [-0.1, -0.05) is 6.07 Å². The van der Waals surface area contributed by atoms with Gasteiger partial charge in [-0.3, -0.25) is 9.78 Å². The zero-order valence-electron chi connectivity index (χ0n) is 18.7. The molecule has 0 bridgehead atoms. The Kier molecular flexibility index (Phi) is 7.78. The van der Waals surface area contributed by atoms with Gasteiger partial charge >= 0.3 is 11.9 Å². The van der Waals surface area contributed by atoms with E-state index in [0.717, 1.165) is 60.1 Å². The van der Waals surface area contributed by atoms with Crippen LogP contribution in [0.1, 0.15) is 17.5 Å². The first-order chi connectivity index (χ1) is 15.7. The van der Waals surface area contributed by atoms with E-state index in [1.54, 1.807) is 6.20 Å². The number of amides is 1. The molecule has 9 nitrogen and oxygen atoms in total. The van der Waals surface area contributed by atoms with Gasteiger partial charge in [0.15, 0.2) is 0 Å². The predicted molar refractivity (Wildman–Crippen MR) is 122 cm³/mol. The summed E-state index contributed by atoms with van der Waals surface area (Å²) in [7, 11) is 4.15. The van der Waals surface area contributed by atoms with E-state index in [2.05, 4.69) is 42.2 Å². The molecule has 2 aromatic heterocycles. The van der Waals surface area contributed by atoms with Gasteiger partial charge in [0.05, 0.1) is 12.7 Å². The maximum absolute atomic E-state index is 12.2. The third-order valence-electron chi connectivity index (χ3n) is 5.36. The van der Waals surface area contributed by atoms with Gasteiger partial charge in [-0.25, -0.2) is 9.59 Å². The Hall–Kier alpha value is -3.72. The van der Waals surface area contributed by atoms with Crippen molar-refractivity contribution < 1.29 is 29.0 Å². The monoisotopic (exact) mass is 453 g/mol. The zero-order chi connectivity index (χ0) is 24.0. The quantitative estimate of drug-likeness (QED) is 0.546. The fourth-order valence-corrected chi connectivity index (χ4v) is 3.39.